The maximum absolute atomic E-state index is 12.0. The van der Waals surface area contributed by atoms with Gasteiger partial charge in [-0.15, -0.1) is 13.2 Å². The third kappa shape index (κ3) is 5.08. The van der Waals surface area contributed by atoms with Gasteiger partial charge < -0.3 is 9.47 Å². The highest BCUT2D eigenvalue weighted by Crippen LogP contribution is 2.33. The van der Waals surface area contributed by atoms with Crippen LogP contribution in [0.2, 0.25) is 0 Å². The normalized spacial score (nSPS) is 11.1. The topological polar surface area (TPSA) is 35.5 Å². The first kappa shape index (κ1) is 13.8. The third-order valence-corrected chi connectivity index (χ3v) is 2.19. The Morgan fingerprint density at radius 3 is 2.53 bits per heavy atom. The van der Waals surface area contributed by atoms with Crippen LogP contribution < -0.4 is 9.47 Å². The standard InChI is InChI=1S/C10H8BrF3O3/c1-6(15)5-16-7-2-3-9(8(11)4-7)17-10(12,13)14/h2-4H,5H2,1H3. The summed E-state index contributed by atoms with van der Waals surface area (Å²) in [4.78, 5) is 10.6. The molecular weight excluding hydrogens is 305 g/mol. The molecule has 1 rings (SSSR count). The van der Waals surface area contributed by atoms with E-state index < -0.39 is 6.36 Å². The van der Waals surface area contributed by atoms with Crippen molar-refractivity contribution in [2.45, 2.75) is 13.3 Å². The minimum Gasteiger partial charge on any atom is -0.486 e. The van der Waals surface area contributed by atoms with Gasteiger partial charge in [0.15, 0.2) is 5.78 Å². The summed E-state index contributed by atoms with van der Waals surface area (Å²) in [6.07, 6.45) is -4.75. The number of carbonyl (C=O) groups excluding carboxylic acids is 1. The molecule has 7 heteroatoms. The van der Waals surface area contributed by atoms with Crippen LogP contribution >= 0.6 is 15.9 Å². The molecule has 1 aromatic rings. The fraction of sp³-hybridized carbons (Fsp3) is 0.300. The molecule has 0 heterocycles. The molecule has 0 radical (unpaired) electrons. The maximum atomic E-state index is 12.0. The maximum Gasteiger partial charge on any atom is 0.573 e. The SMILES string of the molecule is CC(=O)COc1ccc(OC(F)(F)F)c(Br)c1. The largest absolute Gasteiger partial charge is 0.573 e. The summed E-state index contributed by atoms with van der Waals surface area (Å²) in [7, 11) is 0. The van der Waals surface area contributed by atoms with Gasteiger partial charge in [-0.25, -0.2) is 0 Å². The molecule has 94 valence electrons. The second-order valence-corrected chi connectivity index (χ2v) is 3.99. The molecule has 0 fully saturated rings. The summed E-state index contributed by atoms with van der Waals surface area (Å²) in [6.45, 7) is 1.21. The van der Waals surface area contributed by atoms with Crippen molar-refractivity contribution in [1.82, 2.24) is 0 Å². The Kier molecular flexibility index (Phi) is 4.39. The second-order valence-electron chi connectivity index (χ2n) is 3.13. The first-order chi connectivity index (χ1) is 7.78. The van der Waals surface area contributed by atoms with Crippen LogP contribution in [0.25, 0.3) is 0 Å². The number of hydrogen-bond acceptors (Lipinski definition) is 3. The fourth-order valence-electron chi connectivity index (χ4n) is 0.964. The van der Waals surface area contributed by atoms with E-state index in [0.29, 0.717) is 0 Å². The van der Waals surface area contributed by atoms with Gasteiger partial charge in [0.25, 0.3) is 0 Å². The smallest absolute Gasteiger partial charge is 0.486 e. The molecule has 0 saturated carbocycles. The summed E-state index contributed by atoms with van der Waals surface area (Å²) in [5.74, 6) is -0.272. The van der Waals surface area contributed by atoms with Crippen LogP contribution in [0.5, 0.6) is 11.5 Å². The number of carbonyl (C=O) groups is 1. The van der Waals surface area contributed by atoms with Crippen molar-refractivity contribution in [3.63, 3.8) is 0 Å². The molecule has 0 unspecified atom stereocenters. The lowest BCUT2D eigenvalue weighted by atomic mass is 10.3. The zero-order valence-electron chi connectivity index (χ0n) is 8.68. The van der Waals surface area contributed by atoms with E-state index in [1.165, 1.54) is 19.1 Å². The summed E-state index contributed by atoms with van der Waals surface area (Å²) in [5, 5.41) is 0. The van der Waals surface area contributed by atoms with E-state index in [1.807, 2.05) is 0 Å². The van der Waals surface area contributed by atoms with Gasteiger partial charge in [-0.1, -0.05) is 0 Å². The van der Waals surface area contributed by atoms with Crippen molar-refractivity contribution >= 4 is 21.7 Å². The highest BCUT2D eigenvalue weighted by molar-refractivity contribution is 9.10. The summed E-state index contributed by atoms with van der Waals surface area (Å²) < 4.78 is 44.7. The molecule has 0 saturated heterocycles. The van der Waals surface area contributed by atoms with Gasteiger partial charge in [-0.05, 0) is 41.1 Å². The van der Waals surface area contributed by atoms with Gasteiger partial charge in [0.2, 0.25) is 0 Å². The van der Waals surface area contributed by atoms with Crippen LogP contribution in [-0.4, -0.2) is 18.8 Å². The highest BCUT2D eigenvalue weighted by Gasteiger charge is 2.31. The molecule has 0 aliphatic rings. The molecule has 3 nitrogen and oxygen atoms in total. The first-order valence-electron chi connectivity index (χ1n) is 4.45. The molecule has 1 aromatic carbocycles. The molecule has 0 aliphatic heterocycles. The molecule has 17 heavy (non-hydrogen) atoms. The molecule has 0 amide bonds. The predicted octanol–water partition coefficient (Wildman–Crippen LogP) is 3.32. The Labute approximate surface area is 104 Å². The minimum absolute atomic E-state index is 0.0934. The Morgan fingerprint density at radius 1 is 1.41 bits per heavy atom. The van der Waals surface area contributed by atoms with Crippen molar-refractivity contribution in [2.75, 3.05) is 6.61 Å². The van der Waals surface area contributed by atoms with Gasteiger partial charge in [0.1, 0.15) is 18.1 Å². The zero-order valence-corrected chi connectivity index (χ0v) is 10.3. The average molecular weight is 313 g/mol. The molecule has 0 spiro atoms. The van der Waals surface area contributed by atoms with Crippen LogP contribution in [0.15, 0.2) is 22.7 Å². The molecule has 0 aromatic heterocycles. The Morgan fingerprint density at radius 2 is 2.06 bits per heavy atom. The van der Waals surface area contributed by atoms with Gasteiger partial charge in [-0.2, -0.15) is 0 Å². The van der Waals surface area contributed by atoms with Gasteiger partial charge in [-0.3, -0.25) is 4.79 Å². The second kappa shape index (κ2) is 5.39. The Balaban J connectivity index is 2.76. The molecule has 0 aliphatic carbocycles. The van der Waals surface area contributed by atoms with E-state index in [2.05, 4.69) is 20.7 Å². The van der Waals surface area contributed by atoms with Crippen LogP contribution in [-0.2, 0) is 4.79 Å². The minimum atomic E-state index is -4.75. The summed E-state index contributed by atoms with van der Waals surface area (Å²) in [5.41, 5.74) is 0. The lowest BCUT2D eigenvalue weighted by Crippen LogP contribution is -2.17. The van der Waals surface area contributed by atoms with Crippen LogP contribution in [0.1, 0.15) is 6.92 Å². The zero-order chi connectivity index (χ0) is 13.1. The fourth-order valence-corrected chi connectivity index (χ4v) is 1.40. The van der Waals surface area contributed by atoms with Crippen molar-refractivity contribution in [1.29, 1.82) is 0 Å². The van der Waals surface area contributed by atoms with E-state index in [4.69, 9.17) is 4.74 Å². The molecule has 0 N–H and O–H groups in total. The van der Waals surface area contributed by atoms with E-state index >= 15 is 0 Å². The molecular formula is C10H8BrF3O3. The lowest BCUT2D eigenvalue weighted by molar-refractivity contribution is -0.274. The highest BCUT2D eigenvalue weighted by atomic mass is 79.9. The number of ketones is 1. The number of benzene rings is 1. The Bertz CT molecular complexity index is 418. The van der Waals surface area contributed by atoms with Crippen molar-refractivity contribution in [2.24, 2.45) is 0 Å². The van der Waals surface area contributed by atoms with E-state index in [0.717, 1.165) is 6.07 Å². The number of hydrogen-bond donors (Lipinski definition) is 0. The van der Waals surface area contributed by atoms with E-state index in [1.54, 1.807) is 0 Å². The number of halogens is 4. The first-order valence-corrected chi connectivity index (χ1v) is 5.25. The van der Waals surface area contributed by atoms with Crippen molar-refractivity contribution in [3.8, 4) is 11.5 Å². The monoisotopic (exact) mass is 312 g/mol. The number of alkyl halides is 3. The van der Waals surface area contributed by atoms with Crippen molar-refractivity contribution < 1.29 is 27.4 Å². The van der Waals surface area contributed by atoms with Gasteiger partial charge >= 0.3 is 6.36 Å². The molecule has 0 atom stereocenters. The summed E-state index contributed by atoms with van der Waals surface area (Å²) in [6, 6.07) is 3.69. The van der Waals surface area contributed by atoms with E-state index in [-0.39, 0.29) is 28.4 Å². The average Bonchev–Trinajstić information content (AvgIpc) is 2.17. The van der Waals surface area contributed by atoms with E-state index in [9.17, 15) is 18.0 Å². The van der Waals surface area contributed by atoms with Gasteiger partial charge in [0.05, 0.1) is 4.47 Å². The van der Waals surface area contributed by atoms with Crippen LogP contribution in [0.3, 0.4) is 0 Å². The quantitative estimate of drug-likeness (QED) is 0.855. The van der Waals surface area contributed by atoms with Crippen LogP contribution in [0, 0.1) is 0 Å². The lowest BCUT2D eigenvalue weighted by Gasteiger charge is -2.11. The predicted molar refractivity (Wildman–Crippen MR) is 57.0 cm³/mol. The number of rotatable bonds is 4. The molecule has 0 bridgehead atoms. The number of ether oxygens (including phenoxy) is 2. The third-order valence-electron chi connectivity index (χ3n) is 1.57. The van der Waals surface area contributed by atoms with Gasteiger partial charge in [0, 0.05) is 0 Å². The van der Waals surface area contributed by atoms with Crippen LogP contribution in [0.4, 0.5) is 13.2 Å². The van der Waals surface area contributed by atoms with Crippen molar-refractivity contribution in [3.05, 3.63) is 22.7 Å². The number of Topliss-reactive ketones (excluding diaryl/α,β-unsaturated/α-hetero) is 1. The Hall–Kier alpha value is -1.24. The summed E-state index contributed by atoms with van der Waals surface area (Å²) >= 11 is 2.92.